The first-order valence-corrected chi connectivity index (χ1v) is 6.49. The second-order valence-corrected chi connectivity index (χ2v) is 4.74. The van der Waals surface area contributed by atoms with Crippen LogP contribution in [0.15, 0.2) is 0 Å². The topological polar surface area (TPSA) is 41.1 Å². The van der Waals surface area contributed by atoms with Crippen molar-refractivity contribution >= 4 is 17.7 Å². The van der Waals surface area contributed by atoms with Gasteiger partial charge in [0, 0.05) is 43.5 Å². The van der Waals surface area contributed by atoms with E-state index >= 15 is 0 Å². The summed E-state index contributed by atoms with van der Waals surface area (Å²) in [6.07, 6.45) is 7.31. The fraction of sp³-hybridized carbons (Fsp3) is 0.727. The van der Waals surface area contributed by atoms with Crippen LogP contribution in [0.5, 0.6) is 0 Å². The summed E-state index contributed by atoms with van der Waals surface area (Å²) < 4.78 is 0. The third-order valence-electron chi connectivity index (χ3n) is 2.25. The zero-order valence-corrected chi connectivity index (χ0v) is 9.74. The summed E-state index contributed by atoms with van der Waals surface area (Å²) in [6, 6.07) is 0.344. The summed E-state index contributed by atoms with van der Waals surface area (Å²) in [6.45, 7) is 1.71. The molecule has 1 atom stereocenters. The molecule has 1 heterocycles. The highest BCUT2D eigenvalue weighted by molar-refractivity contribution is 7.99. The summed E-state index contributed by atoms with van der Waals surface area (Å²) in [5, 5.41) is 6.22. The van der Waals surface area contributed by atoms with E-state index in [4.69, 9.17) is 6.42 Å². The monoisotopic (exact) mass is 226 g/mol. The molecule has 0 bridgehead atoms. The van der Waals surface area contributed by atoms with E-state index in [1.54, 1.807) is 0 Å². The Kier molecular flexibility index (Phi) is 6.29. The van der Waals surface area contributed by atoms with Crippen LogP contribution >= 0.6 is 11.8 Å². The molecule has 4 heteroatoms. The van der Waals surface area contributed by atoms with Gasteiger partial charge in [-0.25, -0.2) is 0 Å². The minimum Gasteiger partial charge on any atom is -0.356 e. The molecule has 1 rings (SSSR count). The van der Waals surface area contributed by atoms with Crippen LogP contribution in [0, 0.1) is 12.3 Å². The molecule has 84 valence electrons. The lowest BCUT2D eigenvalue weighted by molar-refractivity contribution is -0.121. The fourth-order valence-corrected chi connectivity index (χ4v) is 2.41. The summed E-state index contributed by atoms with van der Waals surface area (Å²) in [5.41, 5.74) is 0. The summed E-state index contributed by atoms with van der Waals surface area (Å²) >= 11 is 1.91. The molecule has 1 unspecified atom stereocenters. The van der Waals surface area contributed by atoms with Crippen LogP contribution in [0.4, 0.5) is 0 Å². The Morgan fingerprint density at radius 1 is 1.67 bits per heavy atom. The van der Waals surface area contributed by atoms with Gasteiger partial charge in [-0.3, -0.25) is 4.79 Å². The minimum absolute atomic E-state index is 0.132. The van der Waals surface area contributed by atoms with Gasteiger partial charge in [-0.2, -0.15) is 11.8 Å². The maximum Gasteiger partial charge on any atom is 0.221 e. The first-order valence-electron chi connectivity index (χ1n) is 5.34. The van der Waals surface area contributed by atoms with Gasteiger partial charge >= 0.3 is 0 Å². The van der Waals surface area contributed by atoms with Crippen LogP contribution in [-0.2, 0) is 4.79 Å². The first kappa shape index (κ1) is 12.4. The van der Waals surface area contributed by atoms with E-state index in [2.05, 4.69) is 16.6 Å². The molecule has 1 amide bonds. The normalized spacial score (nSPS) is 20.6. The van der Waals surface area contributed by atoms with Crippen LogP contribution < -0.4 is 10.6 Å². The number of rotatable bonds is 5. The van der Waals surface area contributed by atoms with Crippen molar-refractivity contribution in [2.75, 3.05) is 24.6 Å². The molecule has 2 N–H and O–H groups in total. The maximum atomic E-state index is 11.5. The second-order valence-electron chi connectivity index (χ2n) is 3.59. The van der Waals surface area contributed by atoms with Crippen LogP contribution in [0.1, 0.15) is 19.3 Å². The van der Waals surface area contributed by atoms with Crippen molar-refractivity contribution in [2.45, 2.75) is 25.3 Å². The number of hydrogen-bond donors (Lipinski definition) is 2. The molecule has 3 nitrogen and oxygen atoms in total. The highest BCUT2D eigenvalue weighted by Crippen LogP contribution is 2.09. The standard InChI is InChI=1S/C11H18N2OS/c1-2-3-4-5-13-11(14)8-10-9-15-7-6-12-10/h1,10,12H,3-9H2,(H,13,14). The molecule has 15 heavy (non-hydrogen) atoms. The summed E-state index contributed by atoms with van der Waals surface area (Å²) in [4.78, 5) is 11.5. The third-order valence-corrected chi connectivity index (χ3v) is 3.38. The molecule has 1 aliphatic rings. The van der Waals surface area contributed by atoms with Crippen molar-refractivity contribution < 1.29 is 4.79 Å². The van der Waals surface area contributed by atoms with Crippen LogP contribution in [0.2, 0.25) is 0 Å². The van der Waals surface area contributed by atoms with Crippen LogP contribution in [-0.4, -0.2) is 36.5 Å². The van der Waals surface area contributed by atoms with E-state index in [-0.39, 0.29) is 5.91 Å². The van der Waals surface area contributed by atoms with Crippen molar-refractivity contribution in [2.24, 2.45) is 0 Å². The number of hydrogen-bond acceptors (Lipinski definition) is 3. The summed E-state index contributed by atoms with van der Waals surface area (Å²) in [7, 11) is 0. The van der Waals surface area contributed by atoms with Crippen LogP contribution in [0.25, 0.3) is 0 Å². The van der Waals surface area contributed by atoms with Crippen molar-refractivity contribution in [3.05, 3.63) is 0 Å². The molecule has 0 aromatic heterocycles. The molecule has 0 saturated carbocycles. The Hall–Kier alpha value is -0.660. The van der Waals surface area contributed by atoms with Crippen molar-refractivity contribution in [1.29, 1.82) is 0 Å². The molecule has 1 saturated heterocycles. The van der Waals surface area contributed by atoms with Crippen molar-refractivity contribution in [3.8, 4) is 12.3 Å². The number of nitrogens with one attached hydrogen (secondary N) is 2. The predicted molar refractivity (Wildman–Crippen MR) is 64.8 cm³/mol. The highest BCUT2D eigenvalue weighted by atomic mass is 32.2. The Labute approximate surface area is 95.8 Å². The number of carbonyl (C=O) groups excluding carboxylic acids is 1. The number of unbranched alkanes of at least 4 members (excludes halogenated alkanes) is 1. The van der Waals surface area contributed by atoms with Crippen LogP contribution in [0.3, 0.4) is 0 Å². The average Bonchev–Trinajstić information content (AvgIpc) is 2.26. The molecule has 0 radical (unpaired) electrons. The molecule has 1 aliphatic heterocycles. The van der Waals surface area contributed by atoms with E-state index in [9.17, 15) is 4.79 Å². The molecule has 0 spiro atoms. The van der Waals surface area contributed by atoms with E-state index in [0.717, 1.165) is 30.9 Å². The Morgan fingerprint density at radius 2 is 2.53 bits per heavy atom. The smallest absolute Gasteiger partial charge is 0.221 e. The third kappa shape index (κ3) is 5.71. The first-order chi connectivity index (χ1) is 7.33. The lowest BCUT2D eigenvalue weighted by Gasteiger charge is -2.22. The van der Waals surface area contributed by atoms with Gasteiger partial charge in [0.25, 0.3) is 0 Å². The SMILES string of the molecule is C#CCCCNC(=O)CC1CSCCN1. The summed E-state index contributed by atoms with van der Waals surface area (Å²) in [5.74, 6) is 4.88. The Morgan fingerprint density at radius 3 is 3.20 bits per heavy atom. The van der Waals surface area contributed by atoms with Gasteiger partial charge in [0.05, 0.1) is 0 Å². The number of thioether (sulfide) groups is 1. The fourth-order valence-electron chi connectivity index (χ4n) is 1.47. The van der Waals surface area contributed by atoms with E-state index in [1.807, 2.05) is 11.8 Å². The van der Waals surface area contributed by atoms with Gasteiger partial charge in [0.15, 0.2) is 0 Å². The van der Waals surface area contributed by atoms with Gasteiger partial charge in [-0.15, -0.1) is 12.3 Å². The van der Waals surface area contributed by atoms with Gasteiger partial charge < -0.3 is 10.6 Å². The van der Waals surface area contributed by atoms with Gasteiger partial charge in [-0.1, -0.05) is 0 Å². The molecule has 0 aliphatic carbocycles. The second kappa shape index (κ2) is 7.61. The Balaban J connectivity index is 2.04. The zero-order valence-electron chi connectivity index (χ0n) is 8.92. The van der Waals surface area contributed by atoms with Gasteiger partial charge in [0.1, 0.15) is 0 Å². The molecule has 1 fully saturated rings. The quantitative estimate of drug-likeness (QED) is 0.533. The largest absolute Gasteiger partial charge is 0.356 e. The van der Waals surface area contributed by atoms with Crippen molar-refractivity contribution in [1.82, 2.24) is 10.6 Å². The number of carbonyl (C=O) groups is 1. The van der Waals surface area contributed by atoms with E-state index in [0.29, 0.717) is 19.0 Å². The zero-order chi connectivity index (χ0) is 10.9. The highest BCUT2D eigenvalue weighted by Gasteiger charge is 2.15. The van der Waals surface area contributed by atoms with E-state index < -0.39 is 0 Å². The molecule has 0 aromatic rings. The van der Waals surface area contributed by atoms with Gasteiger partial charge in [0.2, 0.25) is 5.91 Å². The Bertz CT molecular complexity index is 231. The lowest BCUT2D eigenvalue weighted by Crippen LogP contribution is -2.41. The van der Waals surface area contributed by atoms with Crippen molar-refractivity contribution in [3.63, 3.8) is 0 Å². The van der Waals surface area contributed by atoms with E-state index in [1.165, 1.54) is 0 Å². The number of amides is 1. The molecular weight excluding hydrogens is 208 g/mol. The maximum absolute atomic E-state index is 11.5. The average molecular weight is 226 g/mol. The predicted octanol–water partition coefficient (Wildman–Crippen LogP) is 0.611. The van der Waals surface area contributed by atoms with Gasteiger partial charge in [-0.05, 0) is 6.42 Å². The lowest BCUT2D eigenvalue weighted by atomic mass is 10.2. The minimum atomic E-state index is 0.132. The molecule has 0 aromatic carbocycles. The number of terminal acetylenes is 1. The molecular formula is C11H18N2OS.